The number of furan rings is 2. The van der Waals surface area contributed by atoms with Crippen LogP contribution < -0.4 is 5.30 Å². The molecule has 1 aliphatic rings. The SMILES string of the molecule is Cc1ccc(-c2ccccc2)cc1-c1cc(-c2ccc3oc4ccc5oc6ccc(-c7cccc(-c8cc(-c9ccccc9)ccc8P)c7)cc6c5c4c3c2)ccc1C1CC1. The largest absolute Gasteiger partial charge is 0.456 e. The summed E-state index contributed by atoms with van der Waals surface area (Å²) >= 11 is 0. The summed E-state index contributed by atoms with van der Waals surface area (Å²) in [5.41, 5.74) is 20.8. The predicted molar refractivity (Wildman–Crippen MR) is 260 cm³/mol. The Bertz CT molecular complexity index is 3500. The van der Waals surface area contributed by atoms with Crippen molar-refractivity contribution in [2.75, 3.05) is 0 Å². The monoisotopic (exact) mass is 800 g/mol. The molecule has 12 rings (SSSR count). The van der Waals surface area contributed by atoms with E-state index < -0.39 is 0 Å². The highest BCUT2D eigenvalue weighted by atomic mass is 31.0. The molecule has 1 unspecified atom stereocenters. The van der Waals surface area contributed by atoms with Gasteiger partial charge < -0.3 is 8.83 Å². The number of fused-ring (bicyclic) bond motifs is 7. The molecule has 61 heavy (non-hydrogen) atoms. The van der Waals surface area contributed by atoms with Gasteiger partial charge in [0.05, 0.1) is 0 Å². The van der Waals surface area contributed by atoms with Crippen LogP contribution in [0.15, 0.2) is 197 Å². The minimum absolute atomic E-state index is 0.619. The summed E-state index contributed by atoms with van der Waals surface area (Å²) in [6.07, 6.45) is 2.50. The summed E-state index contributed by atoms with van der Waals surface area (Å²) in [5.74, 6) is 0.619. The van der Waals surface area contributed by atoms with Crippen LogP contribution in [-0.4, -0.2) is 0 Å². The third-order valence-corrected chi connectivity index (χ3v) is 13.3. The molecule has 1 aliphatic carbocycles. The fourth-order valence-corrected chi connectivity index (χ4v) is 9.76. The Morgan fingerprint density at radius 1 is 0.377 bits per heavy atom. The van der Waals surface area contributed by atoms with Crippen molar-refractivity contribution < 1.29 is 8.83 Å². The highest BCUT2D eigenvalue weighted by Gasteiger charge is 2.27. The summed E-state index contributed by atoms with van der Waals surface area (Å²) in [6.45, 7) is 2.24. The van der Waals surface area contributed by atoms with E-state index in [0.29, 0.717) is 5.92 Å². The summed E-state index contributed by atoms with van der Waals surface area (Å²) in [5, 5.41) is 5.52. The van der Waals surface area contributed by atoms with Crippen molar-refractivity contribution in [1.29, 1.82) is 0 Å². The lowest BCUT2D eigenvalue weighted by molar-refractivity contribution is 0.663. The van der Waals surface area contributed by atoms with Crippen molar-refractivity contribution in [2.45, 2.75) is 25.7 Å². The molecule has 0 spiro atoms. The first-order chi connectivity index (χ1) is 30.0. The predicted octanol–water partition coefficient (Wildman–Crippen LogP) is 16.2. The van der Waals surface area contributed by atoms with Crippen LogP contribution in [0.5, 0.6) is 0 Å². The van der Waals surface area contributed by atoms with Crippen LogP contribution in [-0.2, 0) is 0 Å². The van der Waals surface area contributed by atoms with Gasteiger partial charge in [0.15, 0.2) is 0 Å². The number of hydrogen-bond donors (Lipinski definition) is 0. The van der Waals surface area contributed by atoms with Gasteiger partial charge in [0, 0.05) is 21.5 Å². The Labute approximate surface area is 357 Å². The van der Waals surface area contributed by atoms with Gasteiger partial charge in [0.25, 0.3) is 0 Å². The molecule has 0 N–H and O–H groups in total. The fourth-order valence-electron chi connectivity index (χ4n) is 9.42. The van der Waals surface area contributed by atoms with Crippen LogP contribution in [0.4, 0.5) is 0 Å². The highest BCUT2D eigenvalue weighted by molar-refractivity contribution is 7.28. The first-order valence-corrected chi connectivity index (χ1v) is 21.8. The molecule has 0 amide bonds. The molecule has 0 bridgehead atoms. The van der Waals surface area contributed by atoms with E-state index in [1.54, 1.807) is 0 Å². The van der Waals surface area contributed by atoms with Gasteiger partial charge in [-0.25, -0.2) is 0 Å². The van der Waals surface area contributed by atoms with Gasteiger partial charge in [-0.15, -0.1) is 9.24 Å². The molecule has 0 saturated heterocycles. The second kappa shape index (κ2) is 14.3. The molecule has 2 aromatic heterocycles. The minimum Gasteiger partial charge on any atom is -0.456 e. The second-order valence-corrected chi connectivity index (χ2v) is 17.3. The third kappa shape index (κ3) is 6.30. The average molecular weight is 801 g/mol. The molecule has 0 radical (unpaired) electrons. The normalized spacial score (nSPS) is 12.9. The topological polar surface area (TPSA) is 26.3 Å². The van der Waals surface area contributed by atoms with E-state index in [9.17, 15) is 0 Å². The van der Waals surface area contributed by atoms with E-state index in [0.717, 1.165) is 55.0 Å². The zero-order valence-corrected chi connectivity index (χ0v) is 34.9. The van der Waals surface area contributed by atoms with Gasteiger partial charge >= 0.3 is 0 Å². The van der Waals surface area contributed by atoms with Crippen molar-refractivity contribution >= 4 is 58.4 Å². The average Bonchev–Trinajstić information content (AvgIpc) is 4.00. The maximum atomic E-state index is 6.58. The second-order valence-electron chi connectivity index (χ2n) is 16.7. The van der Waals surface area contributed by atoms with Gasteiger partial charge in [-0.1, -0.05) is 127 Å². The van der Waals surface area contributed by atoms with Crippen molar-refractivity contribution in [2.24, 2.45) is 0 Å². The lowest BCUT2D eigenvalue weighted by Crippen LogP contribution is -1.97. The van der Waals surface area contributed by atoms with E-state index in [2.05, 4.69) is 204 Å². The van der Waals surface area contributed by atoms with E-state index in [1.165, 1.54) is 84.9 Å². The molecule has 3 heteroatoms. The van der Waals surface area contributed by atoms with Gasteiger partial charge in [0.2, 0.25) is 0 Å². The minimum atomic E-state index is 0.619. The molecular weight excluding hydrogens is 760 g/mol. The van der Waals surface area contributed by atoms with Crippen molar-refractivity contribution in [3.8, 4) is 66.8 Å². The van der Waals surface area contributed by atoms with Crippen LogP contribution in [0, 0.1) is 6.92 Å². The zero-order valence-electron chi connectivity index (χ0n) is 33.8. The van der Waals surface area contributed by atoms with Crippen molar-refractivity contribution in [1.82, 2.24) is 0 Å². The van der Waals surface area contributed by atoms with Crippen molar-refractivity contribution in [3.05, 3.63) is 199 Å². The van der Waals surface area contributed by atoms with Gasteiger partial charge in [-0.05, 0) is 170 Å². The van der Waals surface area contributed by atoms with Crippen molar-refractivity contribution in [3.63, 3.8) is 0 Å². The molecule has 1 fully saturated rings. The van der Waals surface area contributed by atoms with E-state index >= 15 is 0 Å². The number of rotatable bonds is 7. The fraction of sp³-hybridized carbons (Fsp3) is 0.0690. The van der Waals surface area contributed by atoms with E-state index in [-0.39, 0.29) is 0 Å². The van der Waals surface area contributed by atoms with E-state index in [4.69, 9.17) is 8.83 Å². The number of hydrogen-bond acceptors (Lipinski definition) is 2. The smallest absolute Gasteiger partial charge is 0.136 e. The first-order valence-electron chi connectivity index (χ1n) is 21.2. The summed E-state index contributed by atoms with van der Waals surface area (Å²) in [4.78, 5) is 0. The zero-order chi connectivity index (χ0) is 40.6. The summed E-state index contributed by atoms with van der Waals surface area (Å²) in [7, 11) is 2.93. The highest BCUT2D eigenvalue weighted by Crippen LogP contribution is 2.48. The molecule has 2 nitrogen and oxygen atoms in total. The molecular formula is C58H41O2P. The molecule has 290 valence electrons. The Hall–Kier alpha value is -6.99. The Balaban J connectivity index is 0.972. The summed E-state index contributed by atoms with van der Waals surface area (Å²) in [6, 6.07) is 68.2. The maximum absolute atomic E-state index is 6.58. The lowest BCUT2D eigenvalue weighted by Gasteiger charge is -2.16. The van der Waals surface area contributed by atoms with E-state index in [1.807, 2.05) is 0 Å². The Morgan fingerprint density at radius 2 is 0.836 bits per heavy atom. The Kier molecular flexibility index (Phi) is 8.44. The van der Waals surface area contributed by atoms with Gasteiger partial charge in [-0.3, -0.25) is 0 Å². The first kappa shape index (κ1) is 35.9. The van der Waals surface area contributed by atoms with Crippen LogP contribution in [0.25, 0.3) is 111 Å². The van der Waals surface area contributed by atoms with Crippen LogP contribution in [0.2, 0.25) is 0 Å². The molecule has 1 saturated carbocycles. The van der Waals surface area contributed by atoms with Gasteiger partial charge in [0.1, 0.15) is 22.3 Å². The van der Waals surface area contributed by atoms with Crippen LogP contribution >= 0.6 is 9.24 Å². The van der Waals surface area contributed by atoms with Crippen LogP contribution in [0.3, 0.4) is 0 Å². The molecule has 11 aromatic rings. The lowest BCUT2D eigenvalue weighted by atomic mass is 9.88. The molecule has 0 aliphatic heterocycles. The number of aryl methyl sites for hydroxylation is 1. The third-order valence-electron chi connectivity index (χ3n) is 12.8. The molecule has 1 atom stereocenters. The maximum Gasteiger partial charge on any atom is 0.136 e. The Morgan fingerprint density at radius 3 is 1.46 bits per heavy atom. The quantitative estimate of drug-likeness (QED) is 0.150. The van der Waals surface area contributed by atoms with Gasteiger partial charge in [-0.2, -0.15) is 0 Å². The standard InChI is InChI=1S/C58H41O2P/c1-35-15-16-40(36-9-4-2-5-10-36)30-47(35)49-32-42(19-23-46(49)38-17-18-38)44-21-25-53-51(34-44)58-55(60-53)27-26-54-57(58)50-33-43(20-24-52(50)59-54)39-13-8-14-45(29-39)48-31-41(22-28-56(48)61)37-11-6-3-7-12-37/h2-16,19-34,38H,17-18,61H2,1H3. The molecule has 9 aromatic carbocycles. The molecule has 2 heterocycles. The van der Waals surface area contributed by atoms with Crippen LogP contribution in [0.1, 0.15) is 29.9 Å². The number of benzene rings is 9. The summed E-state index contributed by atoms with van der Waals surface area (Å²) < 4.78 is 13.1.